The fourth-order valence-electron chi connectivity index (χ4n) is 3.39. The van der Waals surface area contributed by atoms with Gasteiger partial charge in [-0.1, -0.05) is 53.0 Å². The molecule has 8 heteroatoms. The standard InChI is InChI=1S/C22H24BrCl2N3O2/c1-14(2)11-21(29)28-9-7-27(8-10-28)20-6-4-16(13-19(20)25)26-22(30)17-12-15(23)3-5-18(17)24/h3-6,12-14H,7-11H2,1-2H3,(H,26,30). The molecule has 30 heavy (non-hydrogen) atoms. The molecule has 2 amide bonds. The number of hydrogen-bond donors (Lipinski definition) is 1. The lowest BCUT2D eigenvalue weighted by atomic mass is 10.1. The van der Waals surface area contributed by atoms with Crippen LogP contribution in [-0.2, 0) is 4.79 Å². The number of nitrogens with zero attached hydrogens (tertiary/aromatic N) is 2. The minimum absolute atomic E-state index is 0.208. The van der Waals surface area contributed by atoms with Gasteiger partial charge in [-0.25, -0.2) is 0 Å². The monoisotopic (exact) mass is 511 g/mol. The molecule has 2 aromatic rings. The average molecular weight is 513 g/mol. The van der Waals surface area contributed by atoms with Crippen molar-refractivity contribution >= 4 is 62.3 Å². The number of nitrogens with one attached hydrogen (secondary N) is 1. The molecule has 2 aromatic carbocycles. The minimum Gasteiger partial charge on any atom is -0.367 e. The van der Waals surface area contributed by atoms with Crippen molar-refractivity contribution in [2.45, 2.75) is 20.3 Å². The first-order chi connectivity index (χ1) is 14.2. The van der Waals surface area contributed by atoms with Gasteiger partial charge in [-0.2, -0.15) is 0 Å². The number of piperazine rings is 1. The van der Waals surface area contributed by atoms with E-state index in [0.29, 0.717) is 46.7 Å². The number of hydrogen-bond acceptors (Lipinski definition) is 3. The third kappa shape index (κ3) is 5.68. The Balaban J connectivity index is 1.64. The number of carbonyl (C=O) groups excluding carboxylic acids is 2. The van der Waals surface area contributed by atoms with Crippen LogP contribution in [0.2, 0.25) is 10.0 Å². The molecule has 0 spiro atoms. The van der Waals surface area contributed by atoms with E-state index < -0.39 is 0 Å². The summed E-state index contributed by atoms with van der Waals surface area (Å²) in [6, 6.07) is 10.6. The molecule has 160 valence electrons. The van der Waals surface area contributed by atoms with Crippen LogP contribution in [0.1, 0.15) is 30.6 Å². The van der Waals surface area contributed by atoms with Crippen LogP contribution in [0.4, 0.5) is 11.4 Å². The number of benzene rings is 2. The van der Waals surface area contributed by atoms with Crippen LogP contribution < -0.4 is 10.2 Å². The maximum atomic E-state index is 12.6. The van der Waals surface area contributed by atoms with Crippen molar-refractivity contribution in [3.8, 4) is 0 Å². The number of carbonyl (C=O) groups is 2. The molecule has 1 N–H and O–H groups in total. The Kier molecular flexibility index (Phi) is 7.66. The van der Waals surface area contributed by atoms with Crippen molar-refractivity contribution in [3.05, 3.63) is 56.5 Å². The summed E-state index contributed by atoms with van der Waals surface area (Å²) in [4.78, 5) is 28.9. The van der Waals surface area contributed by atoms with Crippen LogP contribution in [0.15, 0.2) is 40.9 Å². The zero-order valence-electron chi connectivity index (χ0n) is 16.9. The maximum Gasteiger partial charge on any atom is 0.257 e. The molecule has 1 saturated heterocycles. The largest absolute Gasteiger partial charge is 0.367 e. The molecular weight excluding hydrogens is 489 g/mol. The third-order valence-corrected chi connectivity index (χ3v) is 6.06. The van der Waals surface area contributed by atoms with Gasteiger partial charge in [0.15, 0.2) is 0 Å². The van der Waals surface area contributed by atoms with Gasteiger partial charge < -0.3 is 15.1 Å². The van der Waals surface area contributed by atoms with E-state index >= 15 is 0 Å². The van der Waals surface area contributed by atoms with Crippen molar-refractivity contribution < 1.29 is 9.59 Å². The fraction of sp³-hybridized carbons (Fsp3) is 0.364. The van der Waals surface area contributed by atoms with Gasteiger partial charge in [-0.3, -0.25) is 9.59 Å². The topological polar surface area (TPSA) is 52.7 Å². The van der Waals surface area contributed by atoms with Crippen molar-refractivity contribution in [2.24, 2.45) is 5.92 Å². The third-order valence-electron chi connectivity index (χ3n) is 4.93. The van der Waals surface area contributed by atoms with Gasteiger partial charge >= 0.3 is 0 Å². The molecule has 0 aliphatic carbocycles. The molecule has 1 fully saturated rings. The van der Waals surface area contributed by atoms with Gasteiger partial charge in [0.05, 0.1) is 21.3 Å². The average Bonchev–Trinajstić information content (AvgIpc) is 2.69. The van der Waals surface area contributed by atoms with Crippen LogP contribution >= 0.6 is 39.1 Å². The van der Waals surface area contributed by atoms with Gasteiger partial charge in [-0.05, 0) is 42.3 Å². The van der Waals surface area contributed by atoms with Crippen molar-refractivity contribution in [2.75, 3.05) is 36.4 Å². The zero-order chi connectivity index (χ0) is 21.8. The van der Waals surface area contributed by atoms with Crippen LogP contribution in [0.3, 0.4) is 0 Å². The summed E-state index contributed by atoms with van der Waals surface area (Å²) in [7, 11) is 0. The number of halogens is 3. The Morgan fingerprint density at radius 3 is 2.37 bits per heavy atom. The lowest BCUT2D eigenvalue weighted by Gasteiger charge is -2.36. The second-order valence-electron chi connectivity index (χ2n) is 7.71. The van der Waals surface area contributed by atoms with Crippen LogP contribution in [0.5, 0.6) is 0 Å². The first-order valence-electron chi connectivity index (χ1n) is 9.83. The lowest BCUT2D eigenvalue weighted by molar-refractivity contribution is -0.132. The van der Waals surface area contributed by atoms with Crippen molar-refractivity contribution in [3.63, 3.8) is 0 Å². The Bertz CT molecular complexity index is 944. The van der Waals surface area contributed by atoms with Gasteiger partial charge in [0.1, 0.15) is 0 Å². The fourth-order valence-corrected chi connectivity index (χ4v) is 4.25. The molecule has 1 aliphatic heterocycles. The van der Waals surface area contributed by atoms with Crippen molar-refractivity contribution in [1.82, 2.24) is 4.90 Å². The van der Waals surface area contributed by atoms with E-state index in [2.05, 4.69) is 40.0 Å². The van der Waals surface area contributed by atoms with E-state index in [9.17, 15) is 9.59 Å². The Morgan fingerprint density at radius 1 is 1.03 bits per heavy atom. The zero-order valence-corrected chi connectivity index (χ0v) is 20.0. The smallest absolute Gasteiger partial charge is 0.257 e. The second-order valence-corrected chi connectivity index (χ2v) is 9.44. The van der Waals surface area contributed by atoms with E-state index in [0.717, 1.165) is 23.2 Å². The highest BCUT2D eigenvalue weighted by Crippen LogP contribution is 2.30. The predicted octanol–water partition coefficient (Wildman–Crippen LogP) is 5.70. The summed E-state index contributed by atoms with van der Waals surface area (Å²) in [5, 5.41) is 3.77. The highest BCUT2D eigenvalue weighted by Gasteiger charge is 2.23. The molecule has 0 saturated carbocycles. The Hall–Kier alpha value is -1.76. The van der Waals surface area contributed by atoms with Crippen LogP contribution in [0, 0.1) is 5.92 Å². The summed E-state index contributed by atoms with van der Waals surface area (Å²) < 4.78 is 0.774. The molecule has 1 heterocycles. The molecule has 5 nitrogen and oxygen atoms in total. The van der Waals surface area contributed by atoms with Gasteiger partial charge in [0.2, 0.25) is 5.91 Å². The lowest BCUT2D eigenvalue weighted by Crippen LogP contribution is -2.49. The minimum atomic E-state index is -0.303. The molecule has 0 atom stereocenters. The summed E-state index contributed by atoms with van der Waals surface area (Å²) in [5.41, 5.74) is 1.87. The normalized spacial score (nSPS) is 14.2. The molecule has 3 rings (SSSR count). The first-order valence-corrected chi connectivity index (χ1v) is 11.4. The van der Waals surface area contributed by atoms with E-state index in [1.54, 1.807) is 24.3 Å². The van der Waals surface area contributed by atoms with Gasteiger partial charge in [0, 0.05) is 42.8 Å². The van der Waals surface area contributed by atoms with Crippen LogP contribution in [0.25, 0.3) is 0 Å². The summed E-state index contributed by atoms with van der Waals surface area (Å²) in [6.45, 7) is 6.92. The Labute approximate surface area is 195 Å². The molecular formula is C22H24BrCl2N3O2. The first kappa shape index (κ1) is 22.9. The second kappa shape index (κ2) is 10.0. The number of anilines is 2. The highest BCUT2D eigenvalue weighted by molar-refractivity contribution is 9.10. The van der Waals surface area contributed by atoms with Crippen molar-refractivity contribution in [1.29, 1.82) is 0 Å². The van der Waals surface area contributed by atoms with E-state index in [4.69, 9.17) is 23.2 Å². The molecule has 0 bridgehead atoms. The van der Waals surface area contributed by atoms with Crippen LogP contribution in [-0.4, -0.2) is 42.9 Å². The molecule has 0 radical (unpaired) electrons. The van der Waals surface area contributed by atoms with E-state index in [1.165, 1.54) is 0 Å². The molecule has 1 aliphatic rings. The summed E-state index contributed by atoms with van der Waals surface area (Å²) >= 11 is 16.0. The van der Waals surface area contributed by atoms with Gasteiger partial charge in [0.25, 0.3) is 5.91 Å². The summed E-state index contributed by atoms with van der Waals surface area (Å²) in [5.74, 6) is 0.266. The van der Waals surface area contributed by atoms with Gasteiger partial charge in [-0.15, -0.1) is 0 Å². The number of rotatable bonds is 5. The molecule has 0 aromatic heterocycles. The summed E-state index contributed by atoms with van der Waals surface area (Å²) in [6.07, 6.45) is 0.581. The Morgan fingerprint density at radius 2 is 1.73 bits per heavy atom. The quantitative estimate of drug-likeness (QED) is 0.558. The maximum absolute atomic E-state index is 12.6. The predicted molar refractivity (Wildman–Crippen MR) is 127 cm³/mol. The SMILES string of the molecule is CC(C)CC(=O)N1CCN(c2ccc(NC(=O)c3cc(Br)ccc3Cl)cc2Cl)CC1. The molecule has 0 unspecified atom stereocenters. The number of amides is 2. The highest BCUT2D eigenvalue weighted by atomic mass is 79.9. The van der Waals surface area contributed by atoms with E-state index in [1.807, 2.05) is 17.0 Å². The van der Waals surface area contributed by atoms with E-state index in [-0.39, 0.29) is 11.8 Å².